The van der Waals surface area contributed by atoms with Gasteiger partial charge in [-0.3, -0.25) is 4.68 Å². The monoisotopic (exact) mass is 253 g/mol. The third-order valence-corrected chi connectivity index (χ3v) is 3.38. The van der Waals surface area contributed by atoms with Gasteiger partial charge in [0.05, 0.1) is 12.4 Å². The Balaban J connectivity index is 1.90. The predicted molar refractivity (Wildman–Crippen MR) is 69.9 cm³/mol. The molecule has 1 aromatic heterocycles. The van der Waals surface area contributed by atoms with Crippen molar-refractivity contribution in [1.29, 1.82) is 0 Å². The smallest absolute Gasteiger partial charge is 0.157 e. The Hall–Kier alpha value is -1.07. The van der Waals surface area contributed by atoms with E-state index >= 15 is 0 Å². The molecule has 3 unspecified atom stereocenters. The van der Waals surface area contributed by atoms with Crippen molar-refractivity contribution in [2.75, 3.05) is 13.7 Å². The van der Waals surface area contributed by atoms with E-state index in [0.717, 1.165) is 18.7 Å². The number of hydrogen-bond acceptors (Lipinski definition) is 4. The lowest BCUT2D eigenvalue weighted by atomic mass is 9.85. The minimum absolute atomic E-state index is 0.129. The highest BCUT2D eigenvalue weighted by molar-refractivity contribution is 5.14. The lowest BCUT2D eigenvalue weighted by Gasteiger charge is -2.43. The summed E-state index contributed by atoms with van der Waals surface area (Å²) >= 11 is 0. The molecule has 0 aliphatic heterocycles. The summed E-state index contributed by atoms with van der Waals surface area (Å²) < 4.78 is 13.3. The summed E-state index contributed by atoms with van der Waals surface area (Å²) in [6.07, 6.45) is 4.96. The molecule has 3 atom stereocenters. The van der Waals surface area contributed by atoms with Gasteiger partial charge in [0.1, 0.15) is 12.2 Å². The predicted octanol–water partition coefficient (Wildman–Crippen LogP) is 1.61. The number of ether oxygens (including phenoxy) is 2. The van der Waals surface area contributed by atoms with E-state index in [2.05, 4.69) is 31.2 Å². The molecule has 0 bridgehead atoms. The van der Waals surface area contributed by atoms with Crippen molar-refractivity contribution in [3.63, 3.8) is 0 Å². The fraction of sp³-hybridized carbons (Fsp3) is 0.769. The lowest BCUT2D eigenvalue weighted by molar-refractivity contribution is -0.0884. The van der Waals surface area contributed by atoms with Gasteiger partial charge in [0.15, 0.2) is 5.75 Å². The van der Waals surface area contributed by atoms with Crippen LogP contribution < -0.4 is 10.1 Å². The van der Waals surface area contributed by atoms with Crippen molar-refractivity contribution < 1.29 is 9.47 Å². The highest BCUT2D eigenvalue weighted by Crippen LogP contribution is 2.28. The molecule has 0 radical (unpaired) electrons. The molecule has 1 saturated carbocycles. The Morgan fingerprint density at radius 3 is 2.89 bits per heavy atom. The molecule has 5 heteroatoms. The molecule has 2 rings (SSSR count). The van der Waals surface area contributed by atoms with Crippen LogP contribution in [0.1, 0.15) is 33.2 Å². The van der Waals surface area contributed by atoms with E-state index in [9.17, 15) is 0 Å². The fourth-order valence-corrected chi connectivity index (χ4v) is 2.31. The van der Waals surface area contributed by atoms with Crippen LogP contribution in [0.5, 0.6) is 5.75 Å². The van der Waals surface area contributed by atoms with Crippen LogP contribution in [0.15, 0.2) is 12.4 Å². The van der Waals surface area contributed by atoms with Crippen molar-refractivity contribution in [3.05, 3.63) is 12.4 Å². The molecule has 1 aromatic rings. The van der Waals surface area contributed by atoms with E-state index in [1.165, 1.54) is 0 Å². The summed E-state index contributed by atoms with van der Waals surface area (Å²) in [5, 5.41) is 7.66. The normalized spacial score (nSPS) is 27.3. The highest BCUT2D eigenvalue weighted by atomic mass is 16.5. The summed E-state index contributed by atoms with van der Waals surface area (Å²) in [7, 11) is 1.74. The zero-order chi connectivity index (χ0) is 13.1. The van der Waals surface area contributed by atoms with Crippen molar-refractivity contribution in [2.24, 2.45) is 0 Å². The average Bonchev–Trinajstić information content (AvgIpc) is 2.76. The number of rotatable bonds is 6. The minimum atomic E-state index is 0.129. The van der Waals surface area contributed by atoms with Gasteiger partial charge >= 0.3 is 0 Å². The third-order valence-electron chi connectivity index (χ3n) is 3.38. The second-order valence-corrected chi connectivity index (χ2v) is 5.01. The molecular formula is C13H23N3O2. The van der Waals surface area contributed by atoms with Crippen molar-refractivity contribution in [1.82, 2.24) is 15.1 Å². The Morgan fingerprint density at radius 2 is 2.33 bits per heavy atom. The number of methoxy groups -OCH3 is 1. The molecule has 1 aliphatic rings. The van der Waals surface area contributed by atoms with Crippen LogP contribution in [0.4, 0.5) is 0 Å². The van der Waals surface area contributed by atoms with E-state index < -0.39 is 0 Å². The molecule has 0 amide bonds. The van der Waals surface area contributed by atoms with Gasteiger partial charge in [-0.15, -0.1) is 0 Å². The lowest BCUT2D eigenvalue weighted by Crippen LogP contribution is -2.60. The van der Waals surface area contributed by atoms with Gasteiger partial charge in [-0.1, -0.05) is 6.92 Å². The largest absolute Gasteiger partial charge is 0.484 e. The van der Waals surface area contributed by atoms with Crippen molar-refractivity contribution in [3.8, 4) is 5.75 Å². The van der Waals surface area contributed by atoms with Gasteiger partial charge in [-0.2, -0.15) is 5.10 Å². The van der Waals surface area contributed by atoms with Crippen molar-refractivity contribution >= 4 is 0 Å². The number of nitrogens with zero attached hydrogens (tertiary/aromatic N) is 2. The maximum Gasteiger partial charge on any atom is 0.157 e. The summed E-state index contributed by atoms with van der Waals surface area (Å²) in [6.45, 7) is 7.26. The molecule has 102 valence electrons. The van der Waals surface area contributed by atoms with E-state index in [1.54, 1.807) is 13.3 Å². The van der Waals surface area contributed by atoms with Gasteiger partial charge in [0.2, 0.25) is 0 Å². The fourth-order valence-electron chi connectivity index (χ4n) is 2.31. The van der Waals surface area contributed by atoms with E-state index in [0.29, 0.717) is 12.1 Å². The first-order valence-corrected chi connectivity index (χ1v) is 6.62. The van der Waals surface area contributed by atoms with Gasteiger partial charge in [0.25, 0.3) is 0 Å². The van der Waals surface area contributed by atoms with Gasteiger partial charge < -0.3 is 14.8 Å². The average molecular weight is 253 g/mol. The molecule has 0 saturated heterocycles. The van der Waals surface area contributed by atoms with Crippen LogP contribution in [0, 0.1) is 0 Å². The summed E-state index contributed by atoms with van der Waals surface area (Å²) in [5.41, 5.74) is 0. The molecular weight excluding hydrogens is 230 g/mol. The first-order chi connectivity index (χ1) is 8.65. The maximum absolute atomic E-state index is 5.91. The Labute approximate surface area is 108 Å². The summed E-state index contributed by atoms with van der Waals surface area (Å²) in [6, 6.07) is 0.765. The Bertz CT molecular complexity index is 378. The van der Waals surface area contributed by atoms with Crippen LogP contribution >= 0.6 is 0 Å². The van der Waals surface area contributed by atoms with Crippen molar-refractivity contribution in [2.45, 2.75) is 51.5 Å². The molecule has 0 spiro atoms. The van der Waals surface area contributed by atoms with Crippen LogP contribution in [-0.4, -0.2) is 41.7 Å². The van der Waals surface area contributed by atoms with E-state index in [4.69, 9.17) is 9.47 Å². The Kier molecular flexibility index (Phi) is 4.24. The van der Waals surface area contributed by atoms with E-state index in [1.807, 2.05) is 10.9 Å². The molecule has 1 fully saturated rings. The zero-order valence-corrected chi connectivity index (χ0v) is 11.6. The quantitative estimate of drug-likeness (QED) is 0.836. The second-order valence-electron chi connectivity index (χ2n) is 5.01. The SMILES string of the molecule is CCNC1CC(Oc2cnn(C(C)C)c2)C1OC. The van der Waals surface area contributed by atoms with Crippen LogP contribution in [0.3, 0.4) is 0 Å². The number of likely N-dealkylation sites (N-methyl/N-ethyl adjacent to an activating group) is 1. The third kappa shape index (κ3) is 2.67. The molecule has 1 aliphatic carbocycles. The van der Waals surface area contributed by atoms with Crippen LogP contribution in [0.25, 0.3) is 0 Å². The number of nitrogens with one attached hydrogen (secondary N) is 1. The minimum Gasteiger partial charge on any atom is -0.484 e. The molecule has 5 nitrogen and oxygen atoms in total. The Morgan fingerprint density at radius 1 is 1.56 bits per heavy atom. The molecule has 18 heavy (non-hydrogen) atoms. The van der Waals surface area contributed by atoms with Crippen LogP contribution in [-0.2, 0) is 4.74 Å². The molecule has 0 aromatic carbocycles. The number of aromatic nitrogens is 2. The van der Waals surface area contributed by atoms with Gasteiger partial charge in [0, 0.05) is 25.6 Å². The summed E-state index contributed by atoms with van der Waals surface area (Å²) in [4.78, 5) is 0. The summed E-state index contributed by atoms with van der Waals surface area (Å²) in [5.74, 6) is 0.825. The zero-order valence-electron chi connectivity index (χ0n) is 11.6. The van der Waals surface area contributed by atoms with Gasteiger partial charge in [-0.25, -0.2) is 0 Å². The van der Waals surface area contributed by atoms with Gasteiger partial charge in [-0.05, 0) is 20.4 Å². The van der Waals surface area contributed by atoms with Crippen LogP contribution in [0.2, 0.25) is 0 Å². The topological polar surface area (TPSA) is 48.3 Å². The number of hydrogen-bond donors (Lipinski definition) is 1. The van der Waals surface area contributed by atoms with E-state index in [-0.39, 0.29) is 12.2 Å². The molecule has 1 heterocycles. The maximum atomic E-state index is 5.91. The standard InChI is InChI=1S/C13H23N3O2/c1-5-14-11-6-12(13(11)17-4)18-10-7-15-16(8-10)9(2)3/h7-9,11-14H,5-6H2,1-4H3. The first-order valence-electron chi connectivity index (χ1n) is 6.62. The highest BCUT2D eigenvalue weighted by Gasteiger charge is 2.42. The second kappa shape index (κ2) is 5.71. The first kappa shape index (κ1) is 13.4. The molecule has 1 N–H and O–H groups in total.